The van der Waals surface area contributed by atoms with E-state index in [1.54, 1.807) is 0 Å². The Balaban J connectivity index is 2.74. The summed E-state index contributed by atoms with van der Waals surface area (Å²) in [5, 5.41) is 0. The fourth-order valence-electron chi connectivity index (χ4n) is 3.29. The van der Waals surface area contributed by atoms with Crippen molar-refractivity contribution in [3.05, 3.63) is 11.6 Å². The average molecular weight is 208 g/mol. The van der Waals surface area contributed by atoms with Crippen LogP contribution in [-0.4, -0.2) is 6.29 Å². The van der Waals surface area contributed by atoms with Crippen LogP contribution < -0.4 is 0 Å². The van der Waals surface area contributed by atoms with Gasteiger partial charge in [-0.3, -0.25) is 0 Å². The molecule has 0 N–H and O–H groups in total. The van der Waals surface area contributed by atoms with Crippen molar-refractivity contribution in [2.75, 3.05) is 0 Å². The average Bonchev–Trinajstić information content (AvgIpc) is 2.13. The molecule has 0 heterocycles. The molecule has 0 bridgehead atoms. The maximum atomic E-state index is 10.4. The summed E-state index contributed by atoms with van der Waals surface area (Å²) in [5.74, 6) is 1.29. The fourth-order valence-corrected chi connectivity index (χ4v) is 3.29. The van der Waals surface area contributed by atoms with E-state index >= 15 is 0 Å². The normalized spacial score (nSPS) is 26.9. The van der Waals surface area contributed by atoms with Crippen LogP contribution in [0.25, 0.3) is 0 Å². The first-order valence-electron chi connectivity index (χ1n) is 6.09. The van der Waals surface area contributed by atoms with Crippen LogP contribution in [0.5, 0.6) is 0 Å². The predicted molar refractivity (Wildman–Crippen MR) is 64.7 cm³/mol. The fraction of sp³-hybridized carbons (Fsp3) is 0.786. The Morgan fingerprint density at radius 3 is 2.80 bits per heavy atom. The first kappa shape index (κ1) is 12.5. The van der Waals surface area contributed by atoms with Crippen molar-refractivity contribution in [1.82, 2.24) is 0 Å². The van der Waals surface area contributed by atoms with Crippen molar-refractivity contribution in [2.45, 2.75) is 53.4 Å². The lowest BCUT2D eigenvalue weighted by Gasteiger charge is -2.42. The number of hydrogen-bond acceptors (Lipinski definition) is 1. The summed E-state index contributed by atoms with van der Waals surface area (Å²) >= 11 is 0. The predicted octanol–water partition coefficient (Wildman–Crippen LogP) is 3.98. The molecule has 1 aliphatic carbocycles. The van der Waals surface area contributed by atoms with Crippen LogP contribution >= 0.6 is 0 Å². The molecule has 0 saturated heterocycles. The van der Waals surface area contributed by atoms with Crippen molar-refractivity contribution in [1.29, 1.82) is 0 Å². The second kappa shape index (κ2) is 4.96. The standard InChI is InChI=1S/C14H24O/c1-11-7-5-9-14(3,4)13(11)12(2)8-6-10-15/h7,10,12-13H,5-6,8-9H2,1-4H3. The quantitative estimate of drug-likeness (QED) is 0.504. The zero-order chi connectivity index (χ0) is 11.5. The van der Waals surface area contributed by atoms with E-state index in [1.807, 2.05) is 0 Å². The summed E-state index contributed by atoms with van der Waals surface area (Å²) in [6.07, 6.45) is 7.67. The highest BCUT2D eigenvalue weighted by Gasteiger charge is 2.35. The molecular weight excluding hydrogens is 184 g/mol. The molecule has 0 radical (unpaired) electrons. The van der Waals surface area contributed by atoms with Gasteiger partial charge in [-0.1, -0.05) is 32.4 Å². The van der Waals surface area contributed by atoms with Crippen molar-refractivity contribution >= 4 is 6.29 Å². The van der Waals surface area contributed by atoms with E-state index in [9.17, 15) is 4.79 Å². The van der Waals surface area contributed by atoms with Gasteiger partial charge in [0.05, 0.1) is 0 Å². The van der Waals surface area contributed by atoms with Gasteiger partial charge in [0.15, 0.2) is 0 Å². The molecule has 1 aliphatic rings. The molecule has 0 amide bonds. The summed E-state index contributed by atoms with van der Waals surface area (Å²) in [7, 11) is 0. The van der Waals surface area contributed by atoms with Crippen molar-refractivity contribution in [3.8, 4) is 0 Å². The Labute approximate surface area is 93.9 Å². The number of allylic oxidation sites excluding steroid dienone is 2. The minimum Gasteiger partial charge on any atom is -0.303 e. The van der Waals surface area contributed by atoms with E-state index in [-0.39, 0.29) is 0 Å². The molecular formula is C14H24O. The molecule has 86 valence electrons. The topological polar surface area (TPSA) is 17.1 Å². The van der Waals surface area contributed by atoms with E-state index in [1.165, 1.54) is 18.4 Å². The molecule has 0 fully saturated rings. The molecule has 2 unspecified atom stereocenters. The second-order valence-corrected chi connectivity index (χ2v) is 5.67. The van der Waals surface area contributed by atoms with E-state index in [4.69, 9.17) is 0 Å². The lowest BCUT2D eigenvalue weighted by atomic mass is 9.63. The van der Waals surface area contributed by atoms with Gasteiger partial charge in [0, 0.05) is 6.42 Å². The monoisotopic (exact) mass is 208 g/mol. The summed E-state index contributed by atoms with van der Waals surface area (Å²) in [6, 6.07) is 0. The van der Waals surface area contributed by atoms with Crippen LogP contribution in [0, 0.1) is 17.3 Å². The smallest absolute Gasteiger partial charge is 0.120 e. The molecule has 15 heavy (non-hydrogen) atoms. The molecule has 0 saturated carbocycles. The van der Waals surface area contributed by atoms with Gasteiger partial charge >= 0.3 is 0 Å². The van der Waals surface area contributed by atoms with Crippen LogP contribution in [0.3, 0.4) is 0 Å². The first-order chi connectivity index (χ1) is 6.99. The molecule has 0 aliphatic heterocycles. The molecule has 0 aromatic heterocycles. The minimum atomic E-state index is 0.404. The van der Waals surface area contributed by atoms with Gasteiger partial charge in [-0.2, -0.15) is 0 Å². The van der Waals surface area contributed by atoms with E-state index in [2.05, 4.69) is 33.8 Å². The molecule has 0 aromatic carbocycles. The molecule has 0 spiro atoms. The van der Waals surface area contributed by atoms with Gasteiger partial charge in [-0.05, 0) is 43.4 Å². The first-order valence-corrected chi connectivity index (χ1v) is 6.09. The van der Waals surface area contributed by atoms with Crippen molar-refractivity contribution < 1.29 is 4.79 Å². The Morgan fingerprint density at radius 1 is 1.60 bits per heavy atom. The highest BCUT2D eigenvalue weighted by atomic mass is 16.1. The molecule has 1 heteroatoms. The van der Waals surface area contributed by atoms with Crippen molar-refractivity contribution in [3.63, 3.8) is 0 Å². The van der Waals surface area contributed by atoms with Crippen LogP contribution in [0.15, 0.2) is 11.6 Å². The third-order valence-electron chi connectivity index (χ3n) is 3.90. The minimum absolute atomic E-state index is 0.404. The SMILES string of the molecule is CC1=CCCC(C)(C)C1C(C)CCC=O. The highest BCUT2D eigenvalue weighted by molar-refractivity contribution is 5.49. The van der Waals surface area contributed by atoms with E-state index < -0.39 is 0 Å². The zero-order valence-electron chi connectivity index (χ0n) is 10.5. The molecule has 1 nitrogen and oxygen atoms in total. The van der Waals surface area contributed by atoms with Gasteiger partial charge in [0.25, 0.3) is 0 Å². The Bertz CT molecular complexity index is 250. The zero-order valence-corrected chi connectivity index (χ0v) is 10.5. The van der Waals surface area contributed by atoms with Gasteiger partial charge < -0.3 is 4.79 Å². The number of carbonyl (C=O) groups excluding carboxylic acids is 1. The Hall–Kier alpha value is -0.590. The lowest BCUT2D eigenvalue weighted by Crippen LogP contribution is -2.32. The number of carbonyl (C=O) groups is 1. The van der Waals surface area contributed by atoms with Gasteiger partial charge in [0.1, 0.15) is 6.29 Å². The summed E-state index contributed by atoms with van der Waals surface area (Å²) < 4.78 is 0. The number of rotatable bonds is 4. The van der Waals surface area contributed by atoms with Crippen LogP contribution in [0.4, 0.5) is 0 Å². The highest BCUT2D eigenvalue weighted by Crippen LogP contribution is 2.45. The van der Waals surface area contributed by atoms with Crippen LogP contribution in [-0.2, 0) is 4.79 Å². The summed E-state index contributed by atoms with van der Waals surface area (Å²) in [5.41, 5.74) is 1.94. The second-order valence-electron chi connectivity index (χ2n) is 5.67. The number of hydrogen-bond donors (Lipinski definition) is 0. The van der Waals surface area contributed by atoms with E-state index in [0.717, 1.165) is 12.7 Å². The van der Waals surface area contributed by atoms with Gasteiger partial charge in [0.2, 0.25) is 0 Å². The largest absolute Gasteiger partial charge is 0.303 e. The molecule has 1 rings (SSSR count). The van der Waals surface area contributed by atoms with E-state index in [0.29, 0.717) is 23.7 Å². The maximum absolute atomic E-state index is 10.4. The number of aldehydes is 1. The van der Waals surface area contributed by atoms with Crippen LogP contribution in [0.2, 0.25) is 0 Å². The lowest BCUT2D eigenvalue weighted by molar-refractivity contribution is -0.108. The third-order valence-corrected chi connectivity index (χ3v) is 3.90. The summed E-state index contributed by atoms with van der Waals surface area (Å²) in [6.45, 7) is 9.28. The molecule has 0 aromatic rings. The third kappa shape index (κ3) is 2.93. The molecule has 2 atom stereocenters. The Kier molecular flexibility index (Phi) is 4.12. The Morgan fingerprint density at radius 2 is 2.27 bits per heavy atom. The maximum Gasteiger partial charge on any atom is 0.120 e. The summed E-state index contributed by atoms with van der Waals surface area (Å²) in [4.78, 5) is 10.4. The van der Waals surface area contributed by atoms with Crippen LogP contribution in [0.1, 0.15) is 53.4 Å². The van der Waals surface area contributed by atoms with Gasteiger partial charge in [-0.15, -0.1) is 0 Å². The van der Waals surface area contributed by atoms with Crippen molar-refractivity contribution in [2.24, 2.45) is 17.3 Å². The van der Waals surface area contributed by atoms with Gasteiger partial charge in [-0.25, -0.2) is 0 Å².